The number of nitrogens with zero attached hydrogens (tertiary/aromatic N) is 4. The summed E-state index contributed by atoms with van der Waals surface area (Å²) in [6.45, 7) is 1.73. The molecule has 1 atom stereocenters. The molecule has 2 heterocycles. The number of sulfonamides is 1. The fourth-order valence-electron chi connectivity index (χ4n) is 3.32. The van der Waals surface area contributed by atoms with Crippen LogP contribution in [0.1, 0.15) is 0 Å². The van der Waals surface area contributed by atoms with Gasteiger partial charge in [-0.3, -0.25) is 9.36 Å². The van der Waals surface area contributed by atoms with E-state index in [1.807, 2.05) is 0 Å². The van der Waals surface area contributed by atoms with Crippen molar-refractivity contribution in [3.63, 3.8) is 0 Å². The predicted octanol–water partition coefficient (Wildman–Crippen LogP) is 4.62. The highest BCUT2D eigenvalue weighted by molar-refractivity contribution is 9.10. The van der Waals surface area contributed by atoms with E-state index in [0.29, 0.717) is 31.8 Å². The zero-order valence-electron chi connectivity index (χ0n) is 17.4. The van der Waals surface area contributed by atoms with E-state index in [2.05, 4.69) is 25.9 Å². The highest BCUT2D eigenvalue weighted by Gasteiger charge is 2.26. The SMILES string of the molecule is COc1cc(Br)c(Cl)cc1-n1c(=O)ccc2cc(S(=O)(=O)N(PC)c3ncccn3)ccc21. The number of halogens is 2. The molecule has 0 radical (unpaired) electrons. The number of methoxy groups -OCH3 is 1. The van der Waals surface area contributed by atoms with Gasteiger partial charge in [-0.25, -0.2) is 22.5 Å². The molecule has 0 aliphatic carbocycles. The number of aromatic nitrogens is 3. The average Bonchev–Trinajstić information content (AvgIpc) is 2.81. The molecular weight excluding hydrogens is 551 g/mol. The van der Waals surface area contributed by atoms with Gasteiger partial charge in [-0.1, -0.05) is 11.6 Å². The lowest BCUT2D eigenvalue weighted by Crippen LogP contribution is -2.24. The molecule has 2 aromatic carbocycles. The molecule has 0 saturated carbocycles. The number of ether oxygens (including phenoxy) is 1. The topological polar surface area (TPSA) is 94.4 Å². The van der Waals surface area contributed by atoms with Gasteiger partial charge in [-0.2, -0.15) is 0 Å². The second-order valence-corrected chi connectivity index (χ2v) is 11.0. The minimum absolute atomic E-state index is 0.0582. The standard InChI is InChI=1S/C21H17BrClN4O4PS/c1-31-19-11-15(22)16(23)12-18(19)26-17-6-5-14(10-13(17)4-7-20(26)28)33(29,30)27(32-2)21-24-8-3-9-25-21/h3-12,32H,1-2H3. The molecule has 0 aliphatic rings. The van der Waals surface area contributed by atoms with Crippen LogP contribution in [0.25, 0.3) is 16.6 Å². The lowest BCUT2D eigenvalue weighted by Gasteiger charge is -2.21. The van der Waals surface area contributed by atoms with Crippen molar-refractivity contribution in [2.24, 2.45) is 0 Å². The molecule has 33 heavy (non-hydrogen) atoms. The van der Waals surface area contributed by atoms with Crippen LogP contribution in [0.4, 0.5) is 5.95 Å². The summed E-state index contributed by atoms with van der Waals surface area (Å²) in [5.74, 6) is 0.523. The lowest BCUT2D eigenvalue weighted by molar-refractivity contribution is 0.412. The Morgan fingerprint density at radius 3 is 2.52 bits per heavy atom. The summed E-state index contributed by atoms with van der Waals surface area (Å²) >= 11 is 9.63. The Kier molecular flexibility index (Phi) is 6.72. The van der Waals surface area contributed by atoms with Crippen molar-refractivity contribution in [2.75, 3.05) is 17.9 Å². The molecule has 4 aromatic rings. The third-order valence-corrected chi connectivity index (χ3v) is 9.37. The molecule has 1 unspecified atom stereocenters. The first-order valence-corrected chi connectivity index (χ1v) is 13.5. The number of fused-ring (bicyclic) bond motifs is 1. The van der Waals surface area contributed by atoms with Crippen molar-refractivity contribution in [2.45, 2.75) is 4.90 Å². The number of hydrogen-bond donors (Lipinski definition) is 0. The number of anilines is 1. The quantitative estimate of drug-likeness (QED) is 0.316. The molecule has 0 amide bonds. The molecule has 0 aliphatic heterocycles. The Labute approximate surface area is 205 Å². The molecule has 0 N–H and O–H groups in total. The summed E-state index contributed by atoms with van der Waals surface area (Å²) < 4.78 is 35.4. The highest BCUT2D eigenvalue weighted by Crippen LogP contribution is 2.35. The van der Waals surface area contributed by atoms with Crippen molar-refractivity contribution in [1.29, 1.82) is 0 Å². The number of benzene rings is 2. The van der Waals surface area contributed by atoms with Crippen molar-refractivity contribution in [3.05, 3.63) is 80.8 Å². The van der Waals surface area contributed by atoms with Crippen LogP contribution in [0.2, 0.25) is 5.02 Å². The van der Waals surface area contributed by atoms with Crippen LogP contribution in [0.3, 0.4) is 0 Å². The maximum atomic E-state index is 13.4. The average molecular weight is 568 g/mol. The van der Waals surface area contributed by atoms with Gasteiger partial charge in [-0.05, 0) is 73.8 Å². The van der Waals surface area contributed by atoms with Gasteiger partial charge >= 0.3 is 0 Å². The fraction of sp³-hybridized carbons (Fsp3) is 0.0952. The summed E-state index contributed by atoms with van der Waals surface area (Å²) in [4.78, 5) is 21.0. The normalized spacial score (nSPS) is 11.9. The van der Waals surface area contributed by atoms with Crippen LogP contribution in [-0.4, -0.2) is 36.7 Å². The number of rotatable bonds is 6. The Bertz CT molecular complexity index is 1520. The first kappa shape index (κ1) is 23.6. The van der Waals surface area contributed by atoms with E-state index in [-0.39, 0.29) is 25.1 Å². The molecule has 170 valence electrons. The van der Waals surface area contributed by atoms with Gasteiger partial charge < -0.3 is 4.74 Å². The predicted molar refractivity (Wildman–Crippen MR) is 135 cm³/mol. The van der Waals surface area contributed by atoms with E-state index in [1.54, 1.807) is 37.0 Å². The lowest BCUT2D eigenvalue weighted by atomic mass is 10.2. The molecule has 8 nitrogen and oxygen atoms in total. The summed E-state index contributed by atoms with van der Waals surface area (Å²) in [6, 6.07) is 12.4. The van der Waals surface area contributed by atoms with Crippen LogP contribution in [0.15, 0.2) is 75.1 Å². The number of pyridine rings is 1. The molecular formula is C21H17BrClN4O4PS. The van der Waals surface area contributed by atoms with Crippen LogP contribution in [0.5, 0.6) is 5.75 Å². The summed E-state index contributed by atoms with van der Waals surface area (Å²) in [5, 5.41) is 0.946. The Morgan fingerprint density at radius 2 is 1.85 bits per heavy atom. The third-order valence-electron chi connectivity index (χ3n) is 4.80. The summed E-state index contributed by atoms with van der Waals surface area (Å²) in [6.07, 6.45) is 2.97. The largest absolute Gasteiger partial charge is 0.495 e. The van der Waals surface area contributed by atoms with Crippen LogP contribution in [-0.2, 0) is 10.0 Å². The van der Waals surface area contributed by atoms with Gasteiger partial charge in [0.25, 0.3) is 15.6 Å². The van der Waals surface area contributed by atoms with E-state index in [1.165, 1.54) is 42.3 Å². The van der Waals surface area contributed by atoms with Gasteiger partial charge in [0.1, 0.15) is 5.75 Å². The van der Waals surface area contributed by atoms with Gasteiger partial charge in [0.15, 0.2) is 0 Å². The summed E-state index contributed by atoms with van der Waals surface area (Å²) in [7, 11) is -2.56. The van der Waals surface area contributed by atoms with Crippen molar-refractivity contribution >= 4 is 63.1 Å². The Hall–Kier alpha value is -2.52. The molecule has 12 heteroatoms. The van der Waals surface area contributed by atoms with E-state index in [0.717, 1.165) is 4.08 Å². The van der Waals surface area contributed by atoms with E-state index in [4.69, 9.17) is 16.3 Å². The Morgan fingerprint density at radius 1 is 1.12 bits per heavy atom. The van der Waals surface area contributed by atoms with Gasteiger partial charge in [0.05, 0.1) is 28.2 Å². The first-order chi connectivity index (χ1) is 15.8. The highest BCUT2D eigenvalue weighted by atomic mass is 79.9. The Balaban J connectivity index is 1.90. The summed E-state index contributed by atoms with van der Waals surface area (Å²) in [5.41, 5.74) is 0.620. The van der Waals surface area contributed by atoms with Gasteiger partial charge in [0, 0.05) is 28.3 Å². The van der Waals surface area contributed by atoms with Crippen LogP contribution in [0, 0.1) is 0 Å². The fourth-order valence-corrected chi connectivity index (χ4v) is 6.43. The van der Waals surface area contributed by atoms with Crippen molar-refractivity contribution in [3.8, 4) is 11.4 Å². The second kappa shape index (κ2) is 9.38. The van der Waals surface area contributed by atoms with Crippen LogP contribution < -0.4 is 14.4 Å². The van der Waals surface area contributed by atoms with E-state index in [9.17, 15) is 13.2 Å². The van der Waals surface area contributed by atoms with Gasteiger partial charge in [-0.15, -0.1) is 0 Å². The smallest absolute Gasteiger partial charge is 0.269 e. The maximum absolute atomic E-state index is 13.4. The number of hydrogen-bond acceptors (Lipinski definition) is 6. The zero-order valence-corrected chi connectivity index (χ0v) is 21.5. The molecule has 0 spiro atoms. The molecule has 2 aromatic heterocycles. The van der Waals surface area contributed by atoms with Crippen LogP contribution >= 0.6 is 36.3 Å². The monoisotopic (exact) mass is 566 g/mol. The van der Waals surface area contributed by atoms with Crippen molar-refractivity contribution < 1.29 is 13.2 Å². The van der Waals surface area contributed by atoms with Crippen molar-refractivity contribution in [1.82, 2.24) is 14.5 Å². The first-order valence-electron chi connectivity index (χ1n) is 9.47. The maximum Gasteiger partial charge on any atom is 0.269 e. The minimum atomic E-state index is -3.93. The molecule has 0 fully saturated rings. The van der Waals surface area contributed by atoms with Gasteiger partial charge in [0.2, 0.25) is 5.95 Å². The molecule has 0 saturated heterocycles. The second-order valence-electron chi connectivity index (χ2n) is 6.71. The zero-order chi connectivity index (χ0) is 23.8. The van der Waals surface area contributed by atoms with E-state index < -0.39 is 10.0 Å². The third kappa shape index (κ3) is 4.36. The minimum Gasteiger partial charge on any atom is -0.495 e. The molecule has 0 bridgehead atoms. The van der Waals surface area contributed by atoms with E-state index >= 15 is 0 Å². The molecule has 4 rings (SSSR count).